The summed E-state index contributed by atoms with van der Waals surface area (Å²) in [6, 6.07) is 13.0. The number of azo groups is 1. The van der Waals surface area contributed by atoms with Crippen molar-refractivity contribution in [2.75, 3.05) is 0 Å². The molecule has 140 valence electrons. The van der Waals surface area contributed by atoms with Crippen molar-refractivity contribution in [1.29, 1.82) is 0 Å². The van der Waals surface area contributed by atoms with Crippen LogP contribution in [-0.2, 0) is 0 Å². The number of nitrogens with zero attached hydrogens (tertiary/aromatic N) is 2. The fourth-order valence-electron chi connectivity index (χ4n) is 3.35. The molecule has 0 aliphatic heterocycles. The number of hydrogen-bond donors (Lipinski definition) is 0. The minimum absolute atomic E-state index is 0.424. The lowest BCUT2D eigenvalue weighted by molar-refractivity contribution is 0.819. The molecule has 0 spiro atoms. The van der Waals surface area contributed by atoms with E-state index in [2.05, 4.69) is 91.8 Å². The van der Waals surface area contributed by atoms with Crippen LogP contribution in [0.25, 0.3) is 0 Å². The summed E-state index contributed by atoms with van der Waals surface area (Å²) >= 11 is 0. The van der Waals surface area contributed by atoms with Crippen molar-refractivity contribution in [3.63, 3.8) is 0 Å². The van der Waals surface area contributed by atoms with Crippen molar-refractivity contribution < 1.29 is 0 Å². The molecule has 0 amide bonds. The number of rotatable bonds is 6. The maximum absolute atomic E-state index is 4.83. The molecule has 0 unspecified atom stereocenters. The highest BCUT2D eigenvalue weighted by molar-refractivity contribution is 5.58. The quantitative estimate of drug-likeness (QED) is 0.466. The molecule has 2 nitrogen and oxygen atoms in total. The van der Waals surface area contributed by atoms with Gasteiger partial charge < -0.3 is 0 Å². The monoisotopic (exact) mass is 350 g/mol. The third kappa shape index (κ3) is 4.41. The molecule has 0 bridgehead atoms. The molecule has 2 aromatic rings. The van der Waals surface area contributed by atoms with Crippen molar-refractivity contribution in [2.24, 2.45) is 10.2 Å². The Kier molecular flexibility index (Phi) is 6.75. The van der Waals surface area contributed by atoms with Crippen LogP contribution in [0.3, 0.4) is 0 Å². The van der Waals surface area contributed by atoms with Crippen LogP contribution in [0, 0.1) is 0 Å². The molecule has 2 rings (SSSR count). The maximum Gasteiger partial charge on any atom is 0.0926 e. The van der Waals surface area contributed by atoms with E-state index < -0.39 is 0 Å². The van der Waals surface area contributed by atoms with Gasteiger partial charge in [0, 0.05) is 0 Å². The van der Waals surface area contributed by atoms with Crippen molar-refractivity contribution in [3.05, 3.63) is 58.7 Å². The predicted octanol–water partition coefficient (Wildman–Crippen LogP) is 8.60. The van der Waals surface area contributed by atoms with Gasteiger partial charge in [0.15, 0.2) is 0 Å². The molecule has 0 aliphatic rings. The summed E-state index contributed by atoms with van der Waals surface area (Å²) in [6.45, 7) is 17.8. The minimum Gasteiger partial charge on any atom is -0.150 e. The zero-order chi connectivity index (χ0) is 19.4. The Bertz CT molecular complexity index is 650. The van der Waals surface area contributed by atoms with Crippen LogP contribution in [0.2, 0.25) is 0 Å². The van der Waals surface area contributed by atoms with E-state index in [-0.39, 0.29) is 0 Å². The van der Waals surface area contributed by atoms with Crippen LogP contribution in [0.5, 0.6) is 0 Å². The van der Waals surface area contributed by atoms with E-state index in [1.165, 1.54) is 22.3 Å². The summed E-state index contributed by atoms with van der Waals surface area (Å²) in [7, 11) is 0. The van der Waals surface area contributed by atoms with Gasteiger partial charge in [0.25, 0.3) is 0 Å². The largest absolute Gasteiger partial charge is 0.150 e. The van der Waals surface area contributed by atoms with Crippen LogP contribution in [0.4, 0.5) is 11.4 Å². The SMILES string of the molecule is CC(C)c1cccc(C(C)C)c1/N=N\c1c(C(C)C)cccc1C(C)C. The first-order chi connectivity index (χ1) is 12.2. The van der Waals surface area contributed by atoms with E-state index >= 15 is 0 Å². The summed E-state index contributed by atoms with van der Waals surface area (Å²) < 4.78 is 0. The van der Waals surface area contributed by atoms with Gasteiger partial charge in [-0.3, -0.25) is 0 Å². The first-order valence-corrected chi connectivity index (χ1v) is 9.91. The molecular formula is C24H34N2. The van der Waals surface area contributed by atoms with Gasteiger partial charge in [-0.2, -0.15) is 0 Å². The lowest BCUT2D eigenvalue weighted by Gasteiger charge is -2.17. The summed E-state index contributed by atoms with van der Waals surface area (Å²) in [6.07, 6.45) is 0. The summed E-state index contributed by atoms with van der Waals surface area (Å²) in [4.78, 5) is 0. The average molecular weight is 351 g/mol. The van der Waals surface area contributed by atoms with E-state index in [4.69, 9.17) is 10.2 Å². The van der Waals surface area contributed by atoms with Gasteiger partial charge in [0.2, 0.25) is 0 Å². The molecule has 2 heteroatoms. The van der Waals surface area contributed by atoms with Crippen LogP contribution in [0.1, 0.15) is 101 Å². The van der Waals surface area contributed by atoms with E-state index in [1.807, 2.05) is 0 Å². The zero-order valence-electron chi connectivity index (χ0n) is 17.7. The smallest absolute Gasteiger partial charge is 0.0926 e. The van der Waals surface area contributed by atoms with Crippen LogP contribution >= 0.6 is 0 Å². The highest BCUT2D eigenvalue weighted by Crippen LogP contribution is 2.39. The van der Waals surface area contributed by atoms with Crippen molar-refractivity contribution in [2.45, 2.75) is 79.1 Å². The standard InChI is InChI=1S/C24H34N2/c1-15(2)19-11-9-12-20(16(3)4)23(19)25-26-24-21(17(5)6)13-10-14-22(24)18(7)8/h9-18H,1-8H3/b26-25-. The molecule has 0 saturated carbocycles. The molecule has 0 fully saturated rings. The Morgan fingerprint density at radius 1 is 0.462 bits per heavy atom. The Morgan fingerprint density at radius 2 is 0.692 bits per heavy atom. The van der Waals surface area contributed by atoms with Gasteiger partial charge in [-0.15, -0.1) is 10.2 Å². The fourth-order valence-corrected chi connectivity index (χ4v) is 3.35. The highest BCUT2D eigenvalue weighted by Gasteiger charge is 2.16. The van der Waals surface area contributed by atoms with Crippen LogP contribution < -0.4 is 0 Å². The Labute approximate surface area is 159 Å². The van der Waals surface area contributed by atoms with E-state index in [9.17, 15) is 0 Å². The minimum atomic E-state index is 0.424. The normalized spacial score (nSPS) is 12.3. The lowest BCUT2D eigenvalue weighted by atomic mass is 9.92. The van der Waals surface area contributed by atoms with Gasteiger partial charge in [0.1, 0.15) is 0 Å². The third-order valence-corrected chi connectivity index (χ3v) is 4.93. The molecule has 0 aliphatic carbocycles. The summed E-state index contributed by atoms with van der Waals surface area (Å²) in [5.41, 5.74) is 7.18. The van der Waals surface area contributed by atoms with Gasteiger partial charge in [0.05, 0.1) is 11.4 Å². The highest BCUT2D eigenvalue weighted by atomic mass is 15.1. The second kappa shape index (κ2) is 8.62. The molecule has 0 radical (unpaired) electrons. The molecule has 0 aromatic heterocycles. The lowest BCUT2D eigenvalue weighted by Crippen LogP contribution is -1.96. The third-order valence-electron chi connectivity index (χ3n) is 4.93. The van der Waals surface area contributed by atoms with Gasteiger partial charge >= 0.3 is 0 Å². The van der Waals surface area contributed by atoms with Crippen LogP contribution in [-0.4, -0.2) is 0 Å². The molecule has 2 aromatic carbocycles. The Morgan fingerprint density at radius 3 is 0.885 bits per heavy atom. The second-order valence-electron chi connectivity index (χ2n) is 8.39. The summed E-state index contributed by atoms with van der Waals surface area (Å²) in [5.74, 6) is 1.69. The Balaban J connectivity index is 2.65. The van der Waals surface area contributed by atoms with Crippen molar-refractivity contribution in [3.8, 4) is 0 Å². The summed E-state index contributed by atoms with van der Waals surface area (Å²) in [5, 5.41) is 9.66. The maximum atomic E-state index is 4.83. The van der Waals surface area contributed by atoms with E-state index in [0.717, 1.165) is 11.4 Å². The molecule has 0 atom stereocenters. The molecule has 0 saturated heterocycles. The molecule has 0 heterocycles. The first-order valence-electron chi connectivity index (χ1n) is 9.91. The van der Waals surface area contributed by atoms with Crippen molar-refractivity contribution in [1.82, 2.24) is 0 Å². The fraction of sp³-hybridized carbons (Fsp3) is 0.500. The molecule has 26 heavy (non-hydrogen) atoms. The average Bonchev–Trinajstić information content (AvgIpc) is 2.58. The number of hydrogen-bond acceptors (Lipinski definition) is 2. The van der Waals surface area contributed by atoms with Gasteiger partial charge in [-0.25, -0.2) is 0 Å². The van der Waals surface area contributed by atoms with Crippen molar-refractivity contribution >= 4 is 11.4 Å². The number of benzene rings is 2. The molecular weight excluding hydrogens is 316 g/mol. The predicted molar refractivity (Wildman–Crippen MR) is 113 cm³/mol. The van der Waals surface area contributed by atoms with Gasteiger partial charge in [-0.1, -0.05) is 91.8 Å². The van der Waals surface area contributed by atoms with Crippen LogP contribution in [0.15, 0.2) is 46.6 Å². The molecule has 0 N–H and O–H groups in total. The Hall–Kier alpha value is -1.96. The topological polar surface area (TPSA) is 24.7 Å². The first kappa shape index (κ1) is 20.4. The second-order valence-corrected chi connectivity index (χ2v) is 8.39. The van der Waals surface area contributed by atoms with E-state index in [1.54, 1.807) is 0 Å². The van der Waals surface area contributed by atoms with E-state index in [0.29, 0.717) is 23.7 Å². The zero-order valence-corrected chi connectivity index (χ0v) is 17.7. The van der Waals surface area contributed by atoms with Gasteiger partial charge in [-0.05, 0) is 45.9 Å².